The second-order valence-electron chi connectivity index (χ2n) is 3.14. The standard InChI is InChI=1S/C12H9BrF/c13-11-5-1-3-9(7-11)10-4-2-6-12(14)8-10/h1,3-8H,2H2. The lowest BCUT2D eigenvalue weighted by atomic mass is 9.97. The fourth-order valence-corrected chi connectivity index (χ4v) is 1.83. The Morgan fingerprint density at radius 2 is 2.14 bits per heavy atom. The predicted molar refractivity (Wildman–Crippen MR) is 60.2 cm³/mol. The fourth-order valence-electron chi connectivity index (χ4n) is 1.43. The Balaban J connectivity index is 2.36. The van der Waals surface area contributed by atoms with Gasteiger partial charge in [-0.15, -0.1) is 0 Å². The van der Waals surface area contributed by atoms with E-state index < -0.39 is 0 Å². The van der Waals surface area contributed by atoms with Crippen molar-refractivity contribution in [1.82, 2.24) is 0 Å². The smallest absolute Gasteiger partial charge is 0.119 e. The Morgan fingerprint density at radius 1 is 1.29 bits per heavy atom. The van der Waals surface area contributed by atoms with Crippen LogP contribution in [0.1, 0.15) is 12.0 Å². The van der Waals surface area contributed by atoms with E-state index in [2.05, 4.69) is 15.9 Å². The summed E-state index contributed by atoms with van der Waals surface area (Å²) < 4.78 is 14.0. The lowest BCUT2D eigenvalue weighted by Gasteiger charge is -2.10. The van der Waals surface area contributed by atoms with E-state index in [1.165, 1.54) is 0 Å². The third kappa shape index (κ3) is 2.13. The van der Waals surface area contributed by atoms with Crippen molar-refractivity contribution < 1.29 is 4.39 Å². The van der Waals surface area contributed by atoms with Crippen molar-refractivity contribution in [3.8, 4) is 0 Å². The molecule has 2 heteroatoms. The maximum Gasteiger partial charge on any atom is 0.119 e. The lowest BCUT2D eigenvalue weighted by molar-refractivity contribution is 0.660. The van der Waals surface area contributed by atoms with E-state index in [4.69, 9.17) is 0 Å². The minimum Gasteiger partial charge on any atom is -0.207 e. The molecule has 0 saturated heterocycles. The predicted octanol–water partition coefficient (Wildman–Crippen LogP) is 4.29. The van der Waals surface area contributed by atoms with E-state index in [0.29, 0.717) is 6.42 Å². The molecule has 0 fully saturated rings. The molecule has 1 aliphatic rings. The van der Waals surface area contributed by atoms with Crippen LogP contribution in [0.2, 0.25) is 0 Å². The maximum atomic E-state index is 13.0. The van der Waals surface area contributed by atoms with Crippen LogP contribution >= 0.6 is 15.9 Å². The lowest BCUT2D eigenvalue weighted by Crippen LogP contribution is -1.90. The van der Waals surface area contributed by atoms with Crippen LogP contribution in [-0.2, 0) is 0 Å². The summed E-state index contributed by atoms with van der Waals surface area (Å²) in [5.41, 5.74) is 1.99. The minimum atomic E-state index is -0.150. The highest BCUT2D eigenvalue weighted by Crippen LogP contribution is 2.27. The zero-order valence-electron chi connectivity index (χ0n) is 7.50. The zero-order valence-corrected chi connectivity index (χ0v) is 9.09. The highest BCUT2D eigenvalue weighted by molar-refractivity contribution is 9.10. The van der Waals surface area contributed by atoms with E-state index >= 15 is 0 Å². The van der Waals surface area contributed by atoms with Crippen molar-refractivity contribution in [3.63, 3.8) is 0 Å². The van der Waals surface area contributed by atoms with Crippen molar-refractivity contribution >= 4 is 21.5 Å². The average Bonchev–Trinajstić information content (AvgIpc) is 2.18. The van der Waals surface area contributed by atoms with Gasteiger partial charge in [0.1, 0.15) is 5.83 Å². The molecule has 0 amide bonds. The maximum absolute atomic E-state index is 13.0. The topological polar surface area (TPSA) is 0 Å². The molecule has 0 saturated carbocycles. The molecule has 0 heterocycles. The number of allylic oxidation sites excluding steroid dienone is 4. The second kappa shape index (κ2) is 4.09. The Hall–Kier alpha value is -0.890. The number of halogens is 2. The van der Waals surface area contributed by atoms with Crippen LogP contribution in [0.15, 0.2) is 46.7 Å². The Labute approximate surface area is 91.3 Å². The highest BCUT2D eigenvalue weighted by atomic mass is 79.9. The SMILES string of the molecule is FC1=CC[CH]C(c2cccc(Br)c2)=C1. The van der Waals surface area contributed by atoms with Gasteiger partial charge in [-0.1, -0.05) is 28.1 Å². The van der Waals surface area contributed by atoms with E-state index in [-0.39, 0.29) is 5.83 Å². The summed E-state index contributed by atoms with van der Waals surface area (Å²) in [4.78, 5) is 0. The molecule has 0 aliphatic heterocycles. The summed E-state index contributed by atoms with van der Waals surface area (Å²) in [6.07, 6.45) is 5.82. The monoisotopic (exact) mass is 251 g/mol. The van der Waals surface area contributed by atoms with Crippen molar-refractivity contribution in [1.29, 1.82) is 0 Å². The largest absolute Gasteiger partial charge is 0.207 e. The van der Waals surface area contributed by atoms with Gasteiger partial charge in [0.05, 0.1) is 0 Å². The molecule has 0 aromatic heterocycles. The summed E-state index contributed by atoms with van der Waals surface area (Å²) >= 11 is 3.39. The number of rotatable bonds is 1. The second-order valence-corrected chi connectivity index (χ2v) is 4.05. The number of benzene rings is 1. The summed E-state index contributed by atoms with van der Waals surface area (Å²) in [6, 6.07) is 7.87. The van der Waals surface area contributed by atoms with Crippen LogP contribution in [0.3, 0.4) is 0 Å². The van der Waals surface area contributed by atoms with Crippen LogP contribution in [-0.4, -0.2) is 0 Å². The Morgan fingerprint density at radius 3 is 2.86 bits per heavy atom. The van der Waals surface area contributed by atoms with Gasteiger partial charge in [-0.2, -0.15) is 0 Å². The van der Waals surface area contributed by atoms with E-state index in [1.807, 2.05) is 30.7 Å². The van der Waals surface area contributed by atoms with E-state index in [9.17, 15) is 4.39 Å². The van der Waals surface area contributed by atoms with Crippen molar-refractivity contribution in [3.05, 3.63) is 58.7 Å². The molecule has 1 radical (unpaired) electrons. The van der Waals surface area contributed by atoms with E-state index in [0.717, 1.165) is 15.6 Å². The summed E-state index contributed by atoms with van der Waals surface area (Å²) in [5, 5.41) is 0. The van der Waals surface area contributed by atoms with Gasteiger partial charge >= 0.3 is 0 Å². The third-order valence-corrected chi connectivity index (χ3v) is 2.60. The molecule has 71 valence electrons. The zero-order chi connectivity index (χ0) is 9.97. The van der Waals surface area contributed by atoms with Crippen LogP contribution in [0.5, 0.6) is 0 Å². The fraction of sp³-hybridized carbons (Fsp3) is 0.0833. The van der Waals surface area contributed by atoms with Crippen molar-refractivity contribution in [2.45, 2.75) is 6.42 Å². The molecular weight excluding hydrogens is 243 g/mol. The average molecular weight is 252 g/mol. The van der Waals surface area contributed by atoms with Gasteiger partial charge < -0.3 is 0 Å². The number of hydrogen-bond acceptors (Lipinski definition) is 0. The van der Waals surface area contributed by atoms with Gasteiger partial charge in [0.15, 0.2) is 0 Å². The van der Waals surface area contributed by atoms with E-state index in [1.54, 1.807) is 12.2 Å². The molecule has 0 bridgehead atoms. The molecule has 0 spiro atoms. The Kier molecular flexibility index (Phi) is 2.82. The molecule has 0 atom stereocenters. The summed E-state index contributed by atoms with van der Waals surface area (Å²) in [7, 11) is 0. The van der Waals surface area contributed by atoms with Crippen molar-refractivity contribution in [2.75, 3.05) is 0 Å². The molecule has 14 heavy (non-hydrogen) atoms. The van der Waals surface area contributed by atoms with Gasteiger partial charge in [0.2, 0.25) is 0 Å². The minimum absolute atomic E-state index is 0.150. The molecule has 0 nitrogen and oxygen atoms in total. The molecule has 0 unspecified atom stereocenters. The summed E-state index contributed by atoms with van der Waals surface area (Å²) in [5.74, 6) is -0.150. The van der Waals surface area contributed by atoms with Gasteiger partial charge in [-0.05, 0) is 48.3 Å². The molecule has 0 N–H and O–H groups in total. The first-order valence-electron chi connectivity index (χ1n) is 4.42. The normalized spacial score (nSPS) is 16.1. The molecular formula is C12H9BrF. The van der Waals surface area contributed by atoms with Crippen LogP contribution in [0, 0.1) is 6.42 Å². The van der Waals surface area contributed by atoms with Gasteiger partial charge in [-0.25, -0.2) is 4.39 Å². The van der Waals surface area contributed by atoms with Crippen LogP contribution in [0.4, 0.5) is 4.39 Å². The quantitative estimate of drug-likeness (QED) is 0.699. The van der Waals surface area contributed by atoms with Gasteiger partial charge in [0.25, 0.3) is 0 Å². The Bertz CT molecular complexity index is 405. The third-order valence-electron chi connectivity index (χ3n) is 2.10. The first-order chi connectivity index (χ1) is 6.75. The molecule has 1 aliphatic carbocycles. The van der Waals surface area contributed by atoms with Gasteiger partial charge in [0, 0.05) is 4.47 Å². The highest BCUT2D eigenvalue weighted by Gasteiger charge is 2.07. The molecule has 1 aromatic rings. The van der Waals surface area contributed by atoms with Gasteiger partial charge in [-0.3, -0.25) is 0 Å². The summed E-state index contributed by atoms with van der Waals surface area (Å²) in [6.45, 7) is 0. The first kappa shape index (κ1) is 9.66. The number of hydrogen-bond donors (Lipinski definition) is 0. The van der Waals surface area contributed by atoms with Crippen LogP contribution in [0.25, 0.3) is 5.57 Å². The first-order valence-corrected chi connectivity index (χ1v) is 5.21. The van der Waals surface area contributed by atoms with Crippen molar-refractivity contribution in [2.24, 2.45) is 0 Å². The van der Waals surface area contributed by atoms with Crippen LogP contribution < -0.4 is 0 Å². The molecule has 1 aromatic carbocycles. The molecule has 2 rings (SSSR count).